The van der Waals surface area contributed by atoms with Gasteiger partial charge in [0.15, 0.2) is 0 Å². The van der Waals surface area contributed by atoms with Crippen molar-refractivity contribution in [3.8, 4) is 11.5 Å². The lowest BCUT2D eigenvalue weighted by atomic mass is 10.0. The molecule has 6 rings (SSSR count). The minimum atomic E-state index is -0.264. The molecule has 1 atom stereocenters. The summed E-state index contributed by atoms with van der Waals surface area (Å²) >= 11 is 1.72. The van der Waals surface area contributed by atoms with Gasteiger partial charge in [0.25, 0.3) is 5.56 Å². The second kappa shape index (κ2) is 9.71. The van der Waals surface area contributed by atoms with Gasteiger partial charge in [0.05, 0.1) is 30.8 Å². The number of aryl methyl sites for hydroxylation is 1. The minimum Gasteiger partial charge on any atom is -0.439 e. The molecule has 1 amide bonds. The van der Waals surface area contributed by atoms with Crippen molar-refractivity contribution in [2.75, 3.05) is 11.9 Å². The van der Waals surface area contributed by atoms with Crippen molar-refractivity contribution in [3.05, 3.63) is 86.0 Å². The molecule has 0 radical (unpaired) electrons. The zero-order valence-corrected chi connectivity index (χ0v) is 20.4. The topological polar surface area (TPSA) is 114 Å². The van der Waals surface area contributed by atoms with E-state index in [0.29, 0.717) is 36.0 Å². The summed E-state index contributed by atoms with van der Waals surface area (Å²) < 4.78 is 7.34. The molecule has 5 heterocycles. The van der Waals surface area contributed by atoms with Crippen LogP contribution in [0, 0.1) is 0 Å². The van der Waals surface area contributed by atoms with E-state index in [1.807, 2.05) is 30.3 Å². The Morgan fingerprint density at radius 3 is 2.97 bits per heavy atom. The molecule has 0 spiro atoms. The molecule has 184 valence electrons. The molecule has 2 aliphatic heterocycles. The first-order chi connectivity index (χ1) is 17.6. The van der Waals surface area contributed by atoms with Crippen LogP contribution in [0.1, 0.15) is 39.2 Å². The van der Waals surface area contributed by atoms with Crippen LogP contribution in [0.15, 0.2) is 58.1 Å². The Morgan fingerprint density at radius 2 is 2.11 bits per heavy atom. The molecular formula is C26H26N6O3S. The second-order valence-corrected chi connectivity index (χ2v) is 10.3. The fraction of sp³-hybridized carbons (Fsp3) is 0.308. The maximum absolute atomic E-state index is 13.2. The predicted molar refractivity (Wildman–Crippen MR) is 137 cm³/mol. The van der Waals surface area contributed by atoms with Crippen molar-refractivity contribution >= 4 is 22.9 Å². The number of benzene rings is 1. The molecule has 0 aliphatic carbocycles. The summed E-state index contributed by atoms with van der Waals surface area (Å²) in [7, 11) is 0. The number of hydrogen-bond donors (Lipinski definition) is 3. The summed E-state index contributed by atoms with van der Waals surface area (Å²) in [5, 5.41) is 9.58. The number of carbonyl (C=O) groups excluding carboxylic acids is 1. The monoisotopic (exact) mass is 502 g/mol. The Kier molecular flexibility index (Phi) is 6.12. The third-order valence-electron chi connectivity index (χ3n) is 6.57. The maximum Gasteiger partial charge on any atom is 0.277 e. The van der Waals surface area contributed by atoms with Crippen LogP contribution in [0.5, 0.6) is 0 Å². The Hall–Kier alpha value is -3.76. The number of nitrogens with one attached hydrogen (secondary N) is 3. The van der Waals surface area contributed by atoms with Gasteiger partial charge >= 0.3 is 0 Å². The van der Waals surface area contributed by atoms with Gasteiger partial charge in [-0.2, -0.15) is 0 Å². The van der Waals surface area contributed by atoms with Gasteiger partial charge in [-0.15, -0.1) is 11.3 Å². The smallest absolute Gasteiger partial charge is 0.277 e. The summed E-state index contributed by atoms with van der Waals surface area (Å²) in [4.78, 5) is 37.1. The Morgan fingerprint density at radius 1 is 1.22 bits per heavy atom. The van der Waals surface area contributed by atoms with Gasteiger partial charge in [-0.25, -0.2) is 9.97 Å². The average Bonchev–Trinajstić information content (AvgIpc) is 3.57. The molecule has 0 bridgehead atoms. The van der Waals surface area contributed by atoms with Crippen molar-refractivity contribution in [2.24, 2.45) is 0 Å². The first-order valence-corrected chi connectivity index (χ1v) is 12.9. The molecule has 0 saturated carbocycles. The fourth-order valence-electron chi connectivity index (χ4n) is 4.67. The lowest BCUT2D eigenvalue weighted by Crippen LogP contribution is -2.35. The van der Waals surface area contributed by atoms with E-state index in [4.69, 9.17) is 4.42 Å². The van der Waals surface area contributed by atoms with Crippen LogP contribution in [0.2, 0.25) is 0 Å². The van der Waals surface area contributed by atoms with E-state index in [0.717, 1.165) is 36.4 Å². The number of thiophene rings is 1. The minimum absolute atomic E-state index is 0.0848. The summed E-state index contributed by atoms with van der Waals surface area (Å²) in [5.74, 6) is 0.987. The highest BCUT2D eigenvalue weighted by Crippen LogP contribution is 2.31. The van der Waals surface area contributed by atoms with E-state index in [9.17, 15) is 9.59 Å². The van der Waals surface area contributed by atoms with E-state index < -0.39 is 0 Å². The molecule has 4 aromatic rings. The molecule has 36 heavy (non-hydrogen) atoms. The standard InChI is InChI=1S/C26H26N6O3S/c33-23(28-11-18-10-17-8-9-27-13-22(17)36-18)14-32-15-30-20-7-6-19(31-24(20)26(32)34)21-12-29-25(35-21)16-4-2-1-3-5-16/h1-5,10,12,15,19,27,31H,6-9,11,13-14H2,(H,28,33). The fourth-order valence-corrected chi connectivity index (χ4v) is 5.80. The van der Waals surface area contributed by atoms with E-state index in [1.165, 1.54) is 21.3 Å². The second-order valence-electron chi connectivity index (χ2n) is 9.03. The number of anilines is 1. The van der Waals surface area contributed by atoms with Crippen LogP contribution in [-0.4, -0.2) is 27.0 Å². The molecule has 1 aromatic carbocycles. The van der Waals surface area contributed by atoms with Crippen molar-refractivity contribution in [1.82, 2.24) is 25.2 Å². The Balaban J connectivity index is 1.13. The zero-order valence-electron chi connectivity index (χ0n) is 19.6. The quantitative estimate of drug-likeness (QED) is 0.371. The SMILES string of the molecule is O=C(Cn1cnc2c(c1=O)NC(c1cnc(-c3ccccc3)o1)CC2)NCc1cc2c(s1)CNCC2. The van der Waals surface area contributed by atoms with Crippen LogP contribution in [-0.2, 0) is 37.3 Å². The van der Waals surface area contributed by atoms with Gasteiger partial charge in [-0.3, -0.25) is 14.2 Å². The summed E-state index contributed by atoms with van der Waals surface area (Å²) in [6, 6.07) is 11.7. The number of nitrogens with zero attached hydrogens (tertiary/aromatic N) is 3. The van der Waals surface area contributed by atoms with E-state index in [1.54, 1.807) is 17.5 Å². The van der Waals surface area contributed by atoms with Gasteiger partial charge in [0.1, 0.15) is 18.0 Å². The first-order valence-electron chi connectivity index (χ1n) is 12.1. The van der Waals surface area contributed by atoms with E-state index >= 15 is 0 Å². The largest absolute Gasteiger partial charge is 0.439 e. The molecule has 0 saturated heterocycles. The van der Waals surface area contributed by atoms with Crippen molar-refractivity contribution in [3.63, 3.8) is 0 Å². The predicted octanol–water partition coefficient (Wildman–Crippen LogP) is 3.02. The number of rotatable bonds is 6. The van der Waals surface area contributed by atoms with Crippen LogP contribution in [0.3, 0.4) is 0 Å². The highest BCUT2D eigenvalue weighted by Gasteiger charge is 2.26. The first kappa shape index (κ1) is 22.7. The molecule has 3 N–H and O–H groups in total. The van der Waals surface area contributed by atoms with Gasteiger partial charge in [0, 0.05) is 21.9 Å². The molecule has 1 unspecified atom stereocenters. The molecular weight excluding hydrogens is 476 g/mol. The highest BCUT2D eigenvalue weighted by molar-refractivity contribution is 7.12. The van der Waals surface area contributed by atoms with Crippen LogP contribution >= 0.6 is 11.3 Å². The average molecular weight is 503 g/mol. The Bertz CT molecular complexity index is 1430. The highest BCUT2D eigenvalue weighted by atomic mass is 32.1. The van der Waals surface area contributed by atoms with E-state index in [-0.39, 0.29) is 24.1 Å². The van der Waals surface area contributed by atoms with Crippen LogP contribution in [0.4, 0.5) is 5.69 Å². The maximum atomic E-state index is 13.2. The number of hydrogen-bond acceptors (Lipinski definition) is 8. The number of fused-ring (bicyclic) bond motifs is 2. The third kappa shape index (κ3) is 4.57. The molecule has 9 nitrogen and oxygen atoms in total. The van der Waals surface area contributed by atoms with Gasteiger partial charge < -0.3 is 20.4 Å². The lowest BCUT2D eigenvalue weighted by molar-refractivity contribution is -0.121. The number of carbonyl (C=O) groups is 1. The number of amides is 1. The molecule has 3 aromatic heterocycles. The van der Waals surface area contributed by atoms with Crippen LogP contribution in [0.25, 0.3) is 11.5 Å². The lowest BCUT2D eigenvalue weighted by Gasteiger charge is -2.24. The van der Waals surface area contributed by atoms with Gasteiger partial charge in [-0.1, -0.05) is 18.2 Å². The number of oxazole rings is 1. The molecule has 2 aliphatic rings. The summed E-state index contributed by atoms with van der Waals surface area (Å²) in [6.07, 6.45) is 5.54. The van der Waals surface area contributed by atoms with E-state index in [2.05, 4.69) is 32.0 Å². The number of aromatic nitrogens is 3. The van der Waals surface area contributed by atoms with Crippen molar-refractivity contribution in [1.29, 1.82) is 0 Å². The third-order valence-corrected chi connectivity index (χ3v) is 7.75. The zero-order chi connectivity index (χ0) is 24.5. The Labute approximate surface area is 211 Å². The van der Waals surface area contributed by atoms with Gasteiger partial charge in [-0.05, 0) is 49.6 Å². The summed E-state index contributed by atoms with van der Waals surface area (Å²) in [6.45, 7) is 2.25. The normalized spacial score (nSPS) is 16.6. The molecule has 10 heteroatoms. The van der Waals surface area contributed by atoms with Gasteiger partial charge in [0.2, 0.25) is 11.8 Å². The molecule has 0 fully saturated rings. The van der Waals surface area contributed by atoms with Crippen LogP contribution < -0.4 is 21.5 Å². The van der Waals surface area contributed by atoms with Crippen molar-refractivity contribution in [2.45, 2.75) is 44.9 Å². The van der Waals surface area contributed by atoms with Crippen molar-refractivity contribution < 1.29 is 9.21 Å². The summed E-state index contributed by atoms with van der Waals surface area (Å²) in [5.41, 5.74) is 3.11.